The van der Waals surface area contributed by atoms with Gasteiger partial charge in [-0.2, -0.15) is 0 Å². The van der Waals surface area contributed by atoms with Crippen molar-refractivity contribution in [2.75, 3.05) is 31.5 Å². The van der Waals surface area contributed by atoms with Gasteiger partial charge in [-0.3, -0.25) is 0 Å². The normalized spacial score (nSPS) is 11.4. The van der Waals surface area contributed by atoms with Gasteiger partial charge < -0.3 is 9.64 Å². The van der Waals surface area contributed by atoms with Crippen molar-refractivity contribution in [3.05, 3.63) is 23.8 Å². The Morgan fingerprint density at radius 3 is 2.44 bits per heavy atom. The second kappa shape index (κ2) is 6.33. The highest BCUT2D eigenvalue weighted by Crippen LogP contribution is 2.33. The number of ether oxygens (including phenoxy) is 1. The fraction of sp³-hybridized carbons (Fsp3) is 0.600. The second-order valence-electron chi connectivity index (χ2n) is 5.60. The molecule has 1 rings (SSSR count). The van der Waals surface area contributed by atoms with E-state index in [-0.39, 0.29) is 5.41 Å². The van der Waals surface area contributed by atoms with Gasteiger partial charge in [0.2, 0.25) is 0 Å². The molecule has 2 nitrogen and oxygen atoms in total. The molecule has 0 N–H and O–H groups in total. The summed E-state index contributed by atoms with van der Waals surface area (Å²) in [4.78, 5) is 2.20. The summed E-state index contributed by atoms with van der Waals surface area (Å²) in [6.07, 6.45) is 0.973. The third-order valence-electron chi connectivity index (χ3n) is 3.08. The maximum atomic E-state index is 5.75. The van der Waals surface area contributed by atoms with Crippen LogP contribution in [0.5, 0.6) is 5.75 Å². The summed E-state index contributed by atoms with van der Waals surface area (Å²) >= 11 is 5.75. The molecule has 1 aromatic carbocycles. The Bertz CT molecular complexity index is 385. The van der Waals surface area contributed by atoms with E-state index >= 15 is 0 Å². The molecule has 0 amide bonds. The standard InChI is InChI=1S/C15H24ClNO/c1-15(2,3)12-7-8-14(18-5)13(11-12)17(4)10-6-9-16/h7-8,11H,6,9-10H2,1-5H3. The molecule has 0 bridgehead atoms. The fourth-order valence-corrected chi connectivity index (χ4v) is 1.99. The molecule has 102 valence electrons. The number of halogens is 1. The number of alkyl halides is 1. The van der Waals surface area contributed by atoms with Crippen LogP contribution in [0.1, 0.15) is 32.8 Å². The zero-order chi connectivity index (χ0) is 13.8. The first-order valence-corrected chi connectivity index (χ1v) is 6.89. The molecule has 0 aliphatic heterocycles. The van der Waals surface area contributed by atoms with Crippen LogP contribution in [-0.2, 0) is 5.41 Å². The Hall–Kier alpha value is -0.890. The summed E-state index contributed by atoms with van der Waals surface area (Å²) in [7, 11) is 3.79. The first-order valence-electron chi connectivity index (χ1n) is 6.35. The molecule has 18 heavy (non-hydrogen) atoms. The van der Waals surface area contributed by atoms with Gasteiger partial charge in [0.1, 0.15) is 5.75 Å². The number of hydrogen-bond acceptors (Lipinski definition) is 2. The Morgan fingerprint density at radius 1 is 1.28 bits per heavy atom. The summed E-state index contributed by atoms with van der Waals surface area (Å²) in [5.74, 6) is 1.60. The van der Waals surface area contributed by atoms with Gasteiger partial charge in [0, 0.05) is 19.5 Å². The summed E-state index contributed by atoms with van der Waals surface area (Å²) in [6, 6.07) is 6.40. The lowest BCUT2D eigenvalue weighted by molar-refractivity contribution is 0.414. The lowest BCUT2D eigenvalue weighted by atomic mass is 9.86. The van der Waals surface area contributed by atoms with Gasteiger partial charge in [-0.1, -0.05) is 26.8 Å². The summed E-state index contributed by atoms with van der Waals surface area (Å²) in [6.45, 7) is 7.60. The van der Waals surface area contributed by atoms with Gasteiger partial charge in [0.25, 0.3) is 0 Å². The number of hydrogen-bond donors (Lipinski definition) is 0. The summed E-state index contributed by atoms with van der Waals surface area (Å²) in [5, 5.41) is 0. The minimum atomic E-state index is 0.147. The third-order valence-corrected chi connectivity index (χ3v) is 3.35. The highest BCUT2D eigenvalue weighted by molar-refractivity contribution is 6.17. The van der Waals surface area contributed by atoms with E-state index in [4.69, 9.17) is 16.3 Å². The van der Waals surface area contributed by atoms with Crippen LogP contribution in [0.4, 0.5) is 5.69 Å². The van der Waals surface area contributed by atoms with Crippen LogP contribution in [0.15, 0.2) is 18.2 Å². The molecule has 1 aromatic rings. The Kier molecular flexibility index (Phi) is 5.33. The average Bonchev–Trinajstić information content (AvgIpc) is 2.34. The first-order chi connectivity index (χ1) is 8.40. The lowest BCUT2D eigenvalue weighted by Gasteiger charge is -2.25. The van der Waals surface area contributed by atoms with Crippen LogP contribution in [0.2, 0.25) is 0 Å². The van der Waals surface area contributed by atoms with E-state index in [1.165, 1.54) is 5.56 Å². The molecular weight excluding hydrogens is 246 g/mol. The predicted molar refractivity (Wildman–Crippen MR) is 80.3 cm³/mol. The van der Waals surface area contributed by atoms with Crippen molar-refractivity contribution < 1.29 is 4.74 Å². The van der Waals surface area contributed by atoms with E-state index in [1.807, 2.05) is 6.07 Å². The molecule has 0 fully saturated rings. The van der Waals surface area contributed by atoms with Gasteiger partial charge >= 0.3 is 0 Å². The summed E-state index contributed by atoms with van der Waals surface area (Å²) < 4.78 is 5.44. The van der Waals surface area contributed by atoms with Crippen molar-refractivity contribution >= 4 is 17.3 Å². The Balaban J connectivity index is 3.06. The van der Waals surface area contributed by atoms with Crippen LogP contribution in [0.25, 0.3) is 0 Å². The van der Waals surface area contributed by atoms with E-state index in [0.717, 1.165) is 24.4 Å². The molecule has 0 heterocycles. The van der Waals surface area contributed by atoms with Gasteiger partial charge in [0.05, 0.1) is 12.8 Å². The zero-order valence-electron chi connectivity index (χ0n) is 12.1. The van der Waals surface area contributed by atoms with E-state index in [2.05, 4.69) is 44.9 Å². The van der Waals surface area contributed by atoms with E-state index in [9.17, 15) is 0 Å². The molecule has 0 unspecified atom stereocenters. The van der Waals surface area contributed by atoms with Crippen LogP contribution >= 0.6 is 11.6 Å². The predicted octanol–water partition coefficient (Wildman–Crippen LogP) is 4.06. The van der Waals surface area contributed by atoms with Crippen molar-refractivity contribution in [2.45, 2.75) is 32.6 Å². The van der Waals surface area contributed by atoms with Gasteiger partial charge in [-0.15, -0.1) is 11.6 Å². The highest BCUT2D eigenvalue weighted by atomic mass is 35.5. The number of rotatable bonds is 5. The maximum Gasteiger partial charge on any atom is 0.142 e. The van der Waals surface area contributed by atoms with Crippen molar-refractivity contribution in [1.82, 2.24) is 0 Å². The molecule has 0 aliphatic carbocycles. The van der Waals surface area contributed by atoms with Gasteiger partial charge in [-0.25, -0.2) is 0 Å². The van der Waals surface area contributed by atoms with Crippen molar-refractivity contribution in [3.63, 3.8) is 0 Å². The largest absolute Gasteiger partial charge is 0.495 e. The van der Waals surface area contributed by atoms with Crippen LogP contribution in [-0.4, -0.2) is 26.6 Å². The Morgan fingerprint density at radius 2 is 1.94 bits per heavy atom. The van der Waals surface area contributed by atoms with Crippen LogP contribution in [0.3, 0.4) is 0 Å². The van der Waals surface area contributed by atoms with E-state index < -0.39 is 0 Å². The topological polar surface area (TPSA) is 12.5 Å². The van der Waals surface area contributed by atoms with Crippen molar-refractivity contribution in [2.24, 2.45) is 0 Å². The fourth-order valence-electron chi connectivity index (χ4n) is 1.87. The third kappa shape index (κ3) is 3.81. The van der Waals surface area contributed by atoms with Gasteiger partial charge in [0.15, 0.2) is 0 Å². The van der Waals surface area contributed by atoms with Gasteiger partial charge in [-0.05, 0) is 29.5 Å². The maximum absolute atomic E-state index is 5.75. The van der Waals surface area contributed by atoms with Crippen LogP contribution in [0, 0.1) is 0 Å². The van der Waals surface area contributed by atoms with Crippen LogP contribution < -0.4 is 9.64 Å². The molecule has 0 spiro atoms. The molecule has 0 atom stereocenters. The minimum absolute atomic E-state index is 0.147. The minimum Gasteiger partial charge on any atom is -0.495 e. The molecule has 3 heteroatoms. The SMILES string of the molecule is COc1ccc(C(C)(C)C)cc1N(C)CCCCl. The quantitative estimate of drug-likeness (QED) is 0.748. The first kappa shape index (κ1) is 15.2. The summed E-state index contributed by atoms with van der Waals surface area (Å²) in [5.41, 5.74) is 2.60. The smallest absolute Gasteiger partial charge is 0.142 e. The molecule has 0 aliphatic rings. The zero-order valence-corrected chi connectivity index (χ0v) is 12.8. The molecule has 0 saturated heterocycles. The van der Waals surface area contributed by atoms with E-state index in [0.29, 0.717) is 5.88 Å². The Labute approximate surface area is 116 Å². The molecule has 0 saturated carbocycles. The number of methoxy groups -OCH3 is 1. The molecular formula is C15H24ClNO. The van der Waals surface area contributed by atoms with Crippen molar-refractivity contribution in [1.29, 1.82) is 0 Å². The van der Waals surface area contributed by atoms with Crippen molar-refractivity contribution in [3.8, 4) is 5.75 Å². The van der Waals surface area contributed by atoms with E-state index in [1.54, 1.807) is 7.11 Å². The highest BCUT2D eigenvalue weighted by Gasteiger charge is 2.17. The number of benzene rings is 1. The molecule has 0 radical (unpaired) electrons. The number of anilines is 1. The second-order valence-corrected chi connectivity index (χ2v) is 5.98. The average molecular weight is 270 g/mol. The monoisotopic (exact) mass is 269 g/mol. The molecule has 0 aromatic heterocycles. The lowest BCUT2D eigenvalue weighted by Crippen LogP contribution is -2.21. The number of nitrogens with zero attached hydrogens (tertiary/aromatic N) is 1.